The highest BCUT2D eigenvalue weighted by Crippen LogP contribution is 2.39. The number of carbonyl (C=O) groups is 1. The lowest BCUT2D eigenvalue weighted by atomic mass is 10.1. The van der Waals surface area contributed by atoms with Gasteiger partial charge in [-0.25, -0.2) is 0 Å². The molecule has 3 aromatic rings. The molecule has 0 unspecified atom stereocenters. The zero-order valence-electron chi connectivity index (χ0n) is 16.7. The molecule has 0 fully saturated rings. The van der Waals surface area contributed by atoms with Crippen molar-refractivity contribution in [1.82, 2.24) is 5.43 Å². The first-order chi connectivity index (χ1) is 14.1. The second-order valence-corrected chi connectivity index (χ2v) is 6.32. The molecule has 0 aromatic heterocycles. The lowest BCUT2D eigenvalue weighted by molar-refractivity contribution is 0.0950. The standard InChI is InChI=1S/C23H24N2O4/c1-25(19-12-8-5-9-13-19)24-23(26)18-14-20(27-2)22(21(15-18)28-3)29-16-17-10-6-4-7-11-17/h4-15H,16H2,1-3H3,(H,24,26). The van der Waals surface area contributed by atoms with E-state index in [9.17, 15) is 4.79 Å². The van der Waals surface area contributed by atoms with Crippen LogP contribution in [0.15, 0.2) is 72.8 Å². The van der Waals surface area contributed by atoms with Gasteiger partial charge in [-0.1, -0.05) is 48.5 Å². The van der Waals surface area contributed by atoms with E-state index in [4.69, 9.17) is 14.2 Å². The van der Waals surface area contributed by atoms with Crippen LogP contribution in [0.3, 0.4) is 0 Å². The lowest BCUT2D eigenvalue weighted by Gasteiger charge is -2.21. The number of hydrogen-bond donors (Lipinski definition) is 1. The summed E-state index contributed by atoms with van der Waals surface area (Å²) >= 11 is 0. The molecule has 29 heavy (non-hydrogen) atoms. The molecule has 3 aromatic carbocycles. The summed E-state index contributed by atoms with van der Waals surface area (Å²) in [7, 11) is 4.84. The molecular weight excluding hydrogens is 368 g/mol. The van der Waals surface area contributed by atoms with Crippen LogP contribution in [0.1, 0.15) is 15.9 Å². The Morgan fingerprint density at radius 2 is 1.45 bits per heavy atom. The molecule has 1 N–H and O–H groups in total. The Morgan fingerprint density at radius 1 is 0.897 bits per heavy atom. The predicted molar refractivity (Wildman–Crippen MR) is 113 cm³/mol. The van der Waals surface area contributed by atoms with Crippen molar-refractivity contribution < 1.29 is 19.0 Å². The van der Waals surface area contributed by atoms with E-state index in [0.717, 1.165) is 11.3 Å². The number of rotatable bonds is 8. The van der Waals surface area contributed by atoms with Crippen LogP contribution < -0.4 is 24.6 Å². The molecule has 6 heteroatoms. The summed E-state index contributed by atoms with van der Waals surface area (Å²) in [5.41, 5.74) is 5.11. The Kier molecular flexibility index (Phi) is 6.58. The van der Waals surface area contributed by atoms with E-state index in [0.29, 0.717) is 29.4 Å². The minimum atomic E-state index is -0.289. The summed E-state index contributed by atoms with van der Waals surface area (Å²) < 4.78 is 16.8. The summed E-state index contributed by atoms with van der Waals surface area (Å²) in [6, 6.07) is 22.6. The number of amides is 1. The van der Waals surface area contributed by atoms with Gasteiger partial charge in [-0.15, -0.1) is 0 Å². The van der Waals surface area contributed by atoms with Crippen LogP contribution in [0.5, 0.6) is 17.2 Å². The topological polar surface area (TPSA) is 60.0 Å². The van der Waals surface area contributed by atoms with Gasteiger partial charge in [-0.2, -0.15) is 0 Å². The second kappa shape index (κ2) is 9.50. The quantitative estimate of drug-likeness (QED) is 0.586. The zero-order chi connectivity index (χ0) is 20.6. The van der Waals surface area contributed by atoms with Crippen molar-refractivity contribution in [3.8, 4) is 17.2 Å². The van der Waals surface area contributed by atoms with Gasteiger partial charge < -0.3 is 14.2 Å². The highest BCUT2D eigenvalue weighted by molar-refractivity contribution is 5.96. The summed E-state index contributed by atoms with van der Waals surface area (Å²) in [5, 5.41) is 1.65. The second-order valence-electron chi connectivity index (χ2n) is 6.32. The number of ether oxygens (including phenoxy) is 3. The summed E-state index contributed by atoms with van der Waals surface area (Å²) in [6.45, 7) is 0.357. The number of carbonyl (C=O) groups excluding carboxylic acids is 1. The molecule has 0 atom stereocenters. The van der Waals surface area contributed by atoms with Crippen LogP contribution in [-0.2, 0) is 6.61 Å². The van der Waals surface area contributed by atoms with E-state index in [2.05, 4.69) is 5.43 Å². The van der Waals surface area contributed by atoms with E-state index < -0.39 is 0 Å². The number of para-hydroxylation sites is 1. The van der Waals surface area contributed by atoms with Crippen molar-refractivity contribution in [2.75, 3.05) is 26.3 Å². The third-order valence-corrected chi connectivity index (χ3v) is 4.36. The van der Waals surface area contributed by atoms with Crippen molar-refractivity contribution >= 4 is 11.6 Å². The minimum Gasteiger partial charge on any atom is -0.493 e. The lowest BCUT2D eigenvalue weighted by Crippen LogP contribution is -2.39. The molecule has 1 amide bonds. The summed E-state index contributed by atoms with van der Waals surface area (Å²) in [5.74, 6) is 1.01. The van der Waals surface area contributed by atoms with Crippen molar-refractivity contribution in [3.63, 3.8) is 0 Å². The van der Waals surface area contributed by atoms with Crippen LogP contribution in [0.25, 0.3) is 0 Å². The van der Waals surface area contributed by atoms with Gasteiger partial charge in [0.1, 0.15) is 6.61 Å². The van der Waals surface area contributed by atoms with E-state index in [-0.39, 0.29) is 5.91 Å². The van der Waals surface area contributed by atoms with Gasteiger partial charge in [0.15, 0.2) is 11.5 Å². The number of nitrogens with zero attached hydrogens (tertiary/aromatic N) is 1. The summed E-state index contributed by atoms with van der Waals surface area (Å²) in [4.78, 5) is 12.8. The molecule has 0 bridgehead atoms. The van der Waals surface area contributed by atoms with Crippen molar-refractivity contribution in [1.29, 1.82) is 0 Å². The highest BCUT2D eigenvalue weighted by atomic mass is 16.5. The number of methoxy groups -OCH3 is 2. The normalized spacial score (nSPS) is 10.2. The van der Waals surface area contributed by atoms with Crippen molar-refractivity contribution in [3.05, 3.63) is 83.9 Å². The molecule has 6 nitrogen and oxygen atoms in total. The third-order valence-electron chi connectivity index (χ3n) is 4.36. The van der Waals surface area contributed by atoms with E-state index in [1.807, 2.05) is 60.7 Å². The van der Waals surface area contributed by atoms with Gasteiger partial charge in [-0.3, -0.25) is 15.2 Å². The van der Waals surface area contributed by atoms with Gasteiger partial charge in [0.25, 0.3) is 5.91 Å². The Balaban J connectivity index is 1.80. The number of hydrazine groups is 1. The molecule has 0 saturated heterocycles. The van der Waals surface area contributed by atoms with Crippen LogP contribution in [0.4, 0.5) is 5.69 Å². The van der Waals surface area contributed by atoms with Gasteiger partial charge >= 0.3 is 0 Å². The first-order valence-electron chi connectivity index (χ1n) is 9.15. The molecular formula is C23H24N2O4. The minimum absolute atomic E-state index is 0.289. The van der Waals surface area contributed by atoms with Gasteiger partial charge in [0, 0.05) is 12.6 Å². The van der Waals surface area contributed by atoms with Crippen LogP contribution in [0.2, 0.25) is 0 Å². The SMILES string of the molecule is COc1cc(C(=O)NN(C)c2ccccc2)cc(OC)c1OCc1ccccc1. The maximum atomic E-state index is 12.8. The zero-order valence-corrected chi connectivity index (χ0v) is 16.7. The van der Waals surface area contributed by atoms with E-state index >= 15 is 0 Å². The van der Waals surface area contributed by atoms with Crippen LogP contribution in [0, 0.1) is 0 Å². The van der Waals surface area contributed by atoms with Crippen molar-refractivity contribution in [2.24, 2.45) is 0 Å². The fraction of sp³-hybridized carbons (Fsp3) is 0.174. The first kappa shape index (κ1) is 20.1. The molecule has 0 heterocycles. The third kappa shape index (κ3) is 4.99. The monoisotopic (exact) mass is 392 g/mol. The Bertz CT molecular complexity index is 921. The maximum Gasteiger partial charge on any atom is 0.270 e. The van der Waals surface area contributed by atoms with Gasteiger partial charge in [-0.05, 0) is 29.8 Å². The van der Waals surface area contributed by atoms with Crippen LogP contribution in [-0.4, -0.2) is 27.2 Å². The van der Waals surface area contributed by atoms with Crippen molar-refractivity contribution in [2.45, 2.75) is 6.61 Å². The molecule has 0 radical (unpaired) electrons. The molecule has 3 rings (SSSR count). The average Bonchev–Trinajstić information content (AvgIpc) is 2.78. The smallest absolute Gasteiger partial charge is 0.270 e. The molecule has 150 valence electrons. The predicted octanol–water partition coefficient (Wildman–Crippen LogP) is 4.06. The molecule has 0 spiro atoms. The highest BCUT2D eigenvalue weighted by Gasteiger charge is 2.19. The first-order valence-corrected chi connectivity index (χ1v) is 9.15. The largest absolute Gasteiger partial charge is 0.493 e. The molecule has 0 saturated carbocycles. The molecule has 0 aliphatic heterocycles. The summed E-state index contributed by atoms with van der Waals surface area (Å²) in [6.07, 6.45) is 0. The van der Waals surface area contributed by atoms with Crippen LogP contribution >= 0.6 is 0 Å². The average molecular weight is 392 g/mol. The maximum absolute atomic E-state index is 12.8. The Morgan fingerprint density at radius 3 is 2.00 bits per heavy atom. The van der Waals surface area contributed by atoms with Gasteiger partial charge in [0.05, 0.1) is 19.9 Å². The van der Waals surface area contributed by atoms with E-state index in [1.165, 1.54) is 14.2 Å². The molecule has 0 aliphatic carbocycles. The fourth-order valence-corrected chi connectivity index (χ4v) is 2.82. The number of benzene rings is 3. The molecule has 0 aliphatic rings. The Labute approximate surface area is 170 Å². The van der Waals surface area contributed by atoms with Gasteiger partial charge in [0.2, 0.25) is 5.75 Å². The number of anilines is 1. The Hall–Kier alpha value is -3.67. The van der Waals surface area contributed by atoms with E-state index in [1.54, 1.807) is 24.2 Å². The number of nitrogens with one attached hydrogen (secondary N) is 1. The fourth-order valence-electron chi connectivity index (χ4n) is 2.82. The number of hydrogen-bond acceptors (Lipinski definition) is 5.